The first-order valence-electron chi connectivity index (χ1n) is 7.64. The van der Waals surface area contributed by atoms with Crippen LogP contribution in [0.3, 0.4) is 0 Å². The van der Waals surface area contributed by atoms with Crippen LogP contribution in [-0.2, 0) is 9.47 Å². The van der Waals surface area contributed by atoms with Gasteiger partial charge in [-0.05, 0) is 37.5 Å². The fourth-order valence-corrected chi connectivity index (χ4v) is 2.55. The van der Waals surface area contributed by atoms with E-state index in [9.17, 15) is 0 Å². The Morgan fingerprint density at radius 1 is 0.611 bits per heavy atom. The van der Waals surface area contributed by atoms with E-state index < -0.39 is 0 Å². The molecule has 0 unspecified atom stereocenters. The SMILES string of the molecule is CCC(CC)(CC)COCC(CC)(CC)COC. The number of ether oxygens (including phenoxy) is 2. The highest BCUT2D eigenvalue weighted by molar-refractivity contribution is 4.78. The molecule has 2 heteroatoms. The Kier molecular flexibility index (Phi) is 8.89. The molecule has 0 spiro atoms. The van der Waals surface area contributed by atoms with Crippen molar-refractivity contribution in [2.45, 2.75) is 66.7 Å². The number of rotatable bonds is 11. The van der Waals surface area contributed by atoms with E-state index in [1.807, 2.05) is 0 Å². The van der Waals surface area contributed by atoms with Crippen molar-refractivity contribution in [2.75, 3.05) is 26.9 Å². The van der Waals surface area contributed by atoms with Crippen molar-refractivity contribution in [3.8, 4) is 0 Å². The zero-order chi connectivity index (χ0) is 14.1. The first-order chi connectivity index (χ1) is 8.57. The maximum Gasteiger partial charge on any atom is 0.0544 e. The van der Waals surface area contributed by atoms with Crippen LogP contribution in [-0.4, -0.2) is 26.9 Å². The normalized spacial score (nSPS) is 13.0. The van der Waals surface area contributed by atoms with Gasteiger partial charge in [-0.15, -0.1) is 0 Å². The molecule has 0 rings (SSSR count). The van der Waals surface area contributed by atoms with Gasteiger partial charge >= 0.3 is 0 Å². The third-order valence-electron chi connectivity index (χ3n) is 5.02. The summed E-state index contributed by atoms with van der Waals surface area (Å²) in [6, 6.07) is 0. The van der Waals surface area contributed by atoms with E-state index in [1.165, 1.54) is 19.3 Å². The van der Waals surface area contributed by atoms with Crippen LogP contribution in [0.4, 0.5) is 0 Å². The maximum atomic E-state index is 6.09. The van der Waals surface area contributed by atoms with Crippen molar-refractivity contribution in [1.29, 1.82) is 0 Å². The summed E-state index contributed by atoms with van der Waals surface area (Å²) in [7, 11) is 1.79. The number of hydrogen-bond acceptors (Lipinski definition) is 2. The lowest BCUT2D eigenvalue weighted by molar-refractivity contribution is -0.0446. The molecular weight excluding hydrogens is 224 g/mol. The van der Waals surface area contributed by atoms with Gasteiger partial charge in [-0.25, -0.2) is 0 Å². The minimum Gasteiger partial charge on any atom is -0.384 e. The second-order valence-electron chi connectivity index (χ2n) is 5.69. The van der Waals surface area contributed by atoms with E-state index in [0.29, 0.717) is 5.41 Å². The Bertz CT molecular complexity index is 185. The Morgan fingerprint density at radius 2 is 1.00 bits per heavy atom. The molecule has 0 radical (unpaired) electrons. The Balaban J connectivity index is 4.36. The van der Waals surface area contributed by atoms with Crippen molar-refractivity contribution in [2.24, 2.45) is 10.8 Å². The third-order valence-corrected chi connectivity index (χ3v) is 5.02. The minimum absolute atomic E-state index is 0.204. The molecule has 0 amide bonds. The van der Waals surface area contributed by atoms with Crippen LogP contribution in [0.5, 0.6) is 0 Å². The fourth-order valence-electron chi connectivity index (χ4n) is 2.55. The molecule has 0 aromatic heterocycles. The van der Waals surface area contributed by atoms with Crippen LogP contribution >= 0.6 is 0 Å². The van der Waals surface area contributed by atoms with Gasteiger partial charge in [0, 0.05) is 12.5 Å². The van der Waals surface area contributed by atoms with Crippen molar-refractivity contribution in [1.82, 2.24) is 0 Å². The highest BCUT2D eigenvalue weighted by Crippen LogP contribution is 2.33. The second-order valence-corrected chi connectivity index (χ2v) is 5.69. The molecule has 0 aliphatic carbocycles. The lowest BCUT2D eigenvalue weighted by Crippen LogP contribution is -2.34. The number of hydrogen-bond donors (Lipinski definition) is 0. The van der Waals surface area contributed by atoms with Gasteiger partial charge in [-0.2, -0.15) is 0 Å². The van der Waals surface area contributed by atoms with Gasteiger partial charge in [0.05, 0.1) is 19.8 Å². The summed E-state index contributed by atoms with van der Waals surface area (Å²) in [5.74, 6) is 0. The van der Waals surface area contributed by atoms with Gasteiger partial charge in [0.1, 0.15) is 0 Å². The summed E-state index contributed by atoms with van der Waals surface area (Å²) < 4.78 is 11.5. The Morgan fingerprint density at radius 3 is 1.33 bits per heavy atom. The molecule has 0 atom stereocenters. The van der Waals surface area contributed by atoms with Crippen LogP contribution < -0.4 is 0 Å². The van der Waals surface area contributed by atoms with Crippen LogP contribution in [0.1, 0.15) is 66.7 Å². The molecule has 0 bridgehead atoms. The van der Waals surface area contributed by atoms with Gasteiger partial charge < -0.3 is 9.47 Å². The summed E-state index contributed by atoms with van der Waals surface area (Å²) in [5.41, 5.74) is 0.579. The molecule has 2 nitrogen and oxygen atoms in total. The van der Waals surface area contributed by atoms with E-state index in [-0.39, 0.29) is 5.41 Å². The standard InChI is InChI=1S/C16H34O2/c1-7-15(8-2,9-3)13-18-14-16(10-4,11-5)12-17-6/h7-14H2,1-6H3. The molecule has 0 saturated carbocycles. The molecule has 0 N–H and O–H groups in total. The summed E-state index contributed by atoms with van der Waals surface area (Å²) in [6.07, 6.45) is 5.85. The molecule has 0 aromatic rings. The monoisotopic (exact) mass is 258 g/mol. The quantitative estimate of drug-likeness (QED) is 0.536. The average molecular weight is 258 g/mol. The minimum atomic E-state index is 0.204. The molecular formula is C16H34O2. The van der Waals surface area contributed by atoms with Crippen molar-refractivity contribution >= 4 is 0 Å². The smallest absolute Gasteiger partial charge is 0.0544 e. The highest BCUT2D eigenvalue weighted by Gasteiger charge is 2.29. The van der Waals surface area contributed by atoms with Crippen LogP contribution in [0.25, 0.3) is 0 Å². The Labute approximate surface area is 114 Å². The van der Waals surface area contributed by atoms with Gasteiger partial charge in [0.2, 0.25) is 0 Å². The lowest BCUT2D eigenvalue weighted by atomic mass is 9.80. The molecule has 0 aromatic carbocycles. The maximum absolute atomic E-state index is 6.09. The topological polar surface area (TPSA) is 18.5 Å². The number of methoxy groups -OCH3 is 1. The van der Waals surface area contributed by atoms with Crippen molar-refractivity contribution in [3.63, 3.8) is 0 Å². The zero-order valence-electron chi connectivity index (χ0n) is 13.5. The van der Waals surface area contributed by atoms with E-state index in [2.05, 4.69) is 34.6 Å². The Hall–Kier alpha value is -0.0800. The highest BCUT2D eigenvalue weighted by atomic mass is 16.5. The van der Waals surface area contributed by atoms with E-state index in [0.717, 1.165) is 32.7 Å². The molecule has 0 fully saturated rings. The van der Waals surface area contributed by atoms with Gasteiger partial charge in [0.25, 0.3) is 0 Å². The first kappa shape index (κ1) is 17.9. The van der Waals surface area contributed by atoms with Gasteiger partial charge in [-0.3, -0.25) is 0 Å². The summed E-state index contributed by atoms with van der Waals surface area (Å²) in [4.78, 5) is 0. The molecule has 0 saturated heterocycles. The lowest BCUT2D eigenvalue weighted by Gasteiger charge is -2.35. The zero-order valence-corrected chi connectivity index (χ0v) is 13.5. The van der Waals surface area contributed by atoms with Crippen molar-refractivity contribution in [3.05, 3.63) is 0 Å². The predicted octanol–water partition coefficient (Wildman–Crippen LogP) is 4.67. The molecule has 18 heavy (non-hydrogen) atoms. The fraction of sp³-hybridized carbons (Fsp3) is 1.00. The first-order valence-corrected chi connectivity index (χ1v) is 7.64. The molecule has 0 aliphatic rings. The summed E-state index contributed by atoms with van der Waals surface area (Å²) in [6.45, 7) is 13.8. The predicted molar refractivity (Wildman–Crippen MR) is 79.0 cm³/mol. The third kappa shape index (κ3) is 4.89. The van der Waals surface area contributed by atoms with Crippen LogP contribution in [0.2, 0.25) is 0 Å². The van der Waals surface area contributed by atoms with Gasteiger partial charge in [-0.1, -0.05) is 34.6 Å². The summed E-state index contributed by atoms with van der Waals surface area (Å²) in [5, 5.41) is 0. The molecule has 0 heterocycles. The van der Waals surface area contributed by atoms with Crippen LogP contribution in [0, 0.1) is 10.8 Å². The van der Waals surface area contributed by atoms with Gasteiger partial charge in [0.15, 0.2) is 0 Å². The molecule has 110 valence electrons. The van der Waals surface area contributed by atoms with Crippen LogP contribution in [0.15, 0.2) is 0 Å². The largest absolute Gasteiger partial charge is 0.384 e. The van der Waals surface area contributed by atoms with E-state index >= 15 is 0 Å². The van der Waals surface area contributed by atoms with Crippen molar-refractivity contribution < 1.29 is 9.47 Å². The molecule has 0 aliphatic heterocycles. The van der Waals surface area contributed by atoms with E-state index in [1.54, 1.807) is 7.11 Å². The second kappa shape index (κ2) is 8.92. The average Bonchev–Trinajstić information content (AvgIpc) is 2.43. The van der Waals surface area contributed by atoms with E-state index in [4.69, 9.17) is 9.47 Å². The summed E-state index contributed by atoms with van der Waals surface area (Å²) >= 11 is 0.